The summed E-state index contributed by atoms with van der Waals surface area (Å²) < 4.78 is 6.66. The molecule has 2 heterocycles. The van der Waals surface area contributed by atoms with Crippen molar-refractivity contribution in [2.24, 2.45) is 7.05 Å². The summed E-state index contributed by atoms with van der Waals surface area (Å²) in [6, 6.07) is 5.18. The fourth-order valence-electron chi connectivity index (χ4n) is 1.30. The molecule has 17 heavy (non-hydrogen) atoms. The third-order valence-corrected chi connectivity index (χ3v) is 2.06. The van der Waals surface area contributed by atoms with Crippen LogP contribution in [0.15, 0.2) is 18.3 Å². The van der Waals surface area contributed by atoms with Crippen molar-refractivity contribution in [2.75, 3.05) is 12.4 Å². The van der Waals surface area contributed by atoms with Crippen molar-refractivity contribution in [3.05, 3.63) is 24.0 Å². The van der Waals surface area contributed by atoms with Gasteiger partial charge in [0.05, 0.1) is 7.11 Å². The van der Waals surface area contributed by atoms with Gasteiger partial charge in [-0.1, -0.05) is 0 Å². The van der Waals surface area contributed by atoms with E-state index in [1.807, 2.05) is 6.07 Å². The van der Waals surface area contributed by atoms with E-state index in [-0.39, 0.29) is 0 Å². The molecule has 0 aliphatic rings. The average Bonchev–Trinajstić information content (AvgIpc) is 2.69. The van der Waals surface area contributed by atoms with E-state index in [4.69, 9.17) is 10.00 Å². The van der Waals surface area contributed by atoms with Crippen molar-refractivity contribution in [1.29, 1.82) is 5.26 Å². The zero-order chi connectivity index (χ0) is 12.3. The van der Waals surface area contributed by atoms with Crippen molar-refractivity contribution in [3.8, 4) is 11.9 Å². The first-order valence-electron chi connectivity index (χ1n) is 4.81. The summed E-state index contributed by atoms with van der Waals surface area (Å²) in [5.74, 6) is 1.49. The minimum atomic E-state index is 0.297. The van der Waals surface area contributed by atoms with Gasteiger partial charge in [-0.15, -0.1) is 0 Å². The molecule has 86 valence electrons. The maximum Gasteiger partial charge on any atom is 0.229 e. The lowest BCUT2D eigenvalue weighted by atomic mass is 10.4. The van der Waals surface area contributed by atoms with Crippen LogP contribution in [-0.4, -0.2) is 26.9 Å². The molecule has 0 aliphatic carbocycles. The number of ether oxygens (including phenoxy) is 1. The van der Waals surface area contributed by atoms with Gasteiger partial charge in [-0.25, -0.2) is 14.6 Å². The minimum Gasteiger partial charge on any atom is -0.481 e. The summed E-state index contributed by atoms with van der Waals surface area (Å²) in [6.07, 6.45) is 1.51. The Bertz CT molecular complexity index is 570. The predicted molar refractivity (Wildman–Crippen MR) is 59.8 cm³/mol. The molecule has 2 aromatic heterocycles. The van der Waals surface area contributed by atoms with Gasteiger partial charge in [-0.2, -0.15) is 10.4 Å². The highest BCUT2D eigenvalue weighted by Crippen LogP contribution is 2.17. The molecule has 7 heteroatoms. The number of nitrogens with one attached hydrogen (secondary N) is 1. The number of anilines is 2. The molecule has 0 atom stereocenters. The molecule has 0 amide bonds. The SMILES string of the molecule is COc1cc(Nc2nccc(C#N)n2)nn1C. The summed E-state index contributed by atoms with van der Waals surface area (Å²) >= 11 is 0. The first-order valence-corrected chi connectivity index (χ1v) is 4.81. The first kappa shape index (κ1) is 10.9. The molecular formula is C10H10N6O. The summed E-state index contributed by atoms with van der Waals surface area (Å²) in [5, 5.41) is 15.7. The van der Waals surface area contributed by atoms with Gasteiger partial charge >= 0.3 is 0 Å². The van der Waals surface area contributed by atoms with E-state index in [9.17, 15) is 0 Å². The molecule has 2 aromatic rings. The van der Waals surface area contributed by atoms with Crippen LogP contribution in [0.4, 0.5) is 11.8 Å². The topological polar surface area (TPSA) is 88.7 Å². The van der Waals surface area contributed by atoms with Crippen molar-refractivity contribution < 1.29 is 4.74 Å². The Morgan fingerprint density at radius 2 is 2.35 bits per heavy atom. The third kappa shape index (κ3) is 2.31. The molecule has 0 fully saturated rings. The maximum absolute atomic E-state index is 8.71. The van der Waals surface area contributed by atoms with Crippen LogP contribution in [-0.2, 0) is 7.05 Å². The minimum absolute atomic E-state index is 0.297. The van der Waals surface area contributed by atoms with Crippen LogP contribution in [0.5, 0.6) is 5.88 Å². The van der Waals surface area contributed by atoms with Crippen molar-refractivity contribution in [3.63, 3.8) is 0 Å². The Morgan fingerprint density at radius 1 is 1.53 bits per heavy atom. The summed E-state index contributed by atoms with van der Waals surface area (Å²) in [5.41, 5.74) is 0.297. The van der Waals surface area contributed by atoms with E-state index in [0.29, 0.717) is 23.3 Å². The number of aromatic nitrogens is 4. The fraction of sp³-hybridized carbons (Fsp3) is 0.200. The van der Waals surface area contributed by atoms with Gasteiger partial charge in [0.25, 0.3) is 0 Å². The smallest absolute Gasteiger partial charge is 0.229 e. The standard InChI is InChI=1S/C10H10N6O/c1-16-9(17-2)5-8(15-16)14-10-12-4-3-7(6-11)13-10/h3-5H,1-2H3,(H,12,13,14,15). The van der Waals surface area contributed by atoms with Gasteiger partial charge in [-0.3, -0.25) is 0 Å². The quantitative estimate of drug-likeness (QED) is 0.840. The Kier molecular flexibility index (Phi) is 2.87. The van der Waals surface area contributed by atoms with Crippen LogP contribution in [0.3, 0.4) is 0 Å². The van der Waals surface area contributed by atoms with E-state index in [0.717, 1.165) is 0 Å². The molecule has 2 rings (SSSR count). The van der Waals surface area contributed by atoms with Gasteiger partial charge in [0, 0.05) is 19.3 Å². The highest BCUT2D eigenvalue weighted by Gasteiger charge is 2.06. The number of rotatable bonds is 3. The second-order valence-electron chi connectivity index (χ2n) is 3.20. The predicted octanol–water partition coefficient (Wildman–Crippen LogP) is 0.834. The Labute approximate surface area is 97.7 Å². The van der Waals surface area contributed by atoms with E-state index >= 15 is 0 Å². The normalized spacial score (nSPS) is 9.71. The van der Waals surface area contributed by atoms with E-state index in [1.54, 1.807) is 24.9 Å². The molecule has 7 nitrogen and oxygen atoms in total. The molecule has 0 aliphatic heterocycles. The van der Waals surface area contributed by atoms with E-state index in [1.165, 1.54) is 12.3 Å². The number of aryl methyl sites for hydroxylation is 1. The second kappa shape index (κ2) is 4.49. The largest absolute Gasteiger partial charge is 0.481 e. The highest BCUT2D eigenvalue weighted by atomic mass is 16.5. The lowest BCUT2D eigenvalue weighted by molar-refractivity contribution is 0.373. The number of nitrogens with zero attached hydrogens (tertiary/aromatic N) is 5. The molecule has 0 aromatic carbocycles. The lowest BCUT2D eigenvalue weighted by Gasteiger charge is -1.99. The molecule has 0 bridgehead atoms. The molecule has 1 N–H and O–H groups in total. The van der Waals surface area contributed by atoms with Gasteiger partial charge in [0.2, 0.25) is 11.8 Å². The van der Waals surface area contributed by atoms with E-state index < -0.39 is 0 Å². The number of hydrogen-bond donors (Lipinski definition) is 1. The Balaban J connectivity index is 2.22. The van der Waals surface area contributed by atoms with Crippen LogP contribution in [0.1, 0.15) is 5.69 Å². The van der Waals surface area contributed by atoms with Crippen molar-refractivity contribution >= 4 is 11.8 Å². The van der Waals surface area contributed by atoms with E-state index in [2.05, 4.69) is 20.4 Å². The molecule has 0 saturated heterocycles. The van der Waals surface area contributed by atoms with Gasteiger partial charge in [0.1, 0.15) is 11.8 Å². The summed E-state index contributed by atoms with van der Waals surface area (Å²) in [6.45, 7) is 0. The molecule has 0 saturated carbocycles. The average molecular weight is 230 g/mol. The second-order valence-corrected chi connectivity index (χ2v) is 3.20. The molecule has 0 unspecified atom stereocenters. The number of hydrogen-bond acceptors (Lipinski definition) is 6. The monoisotopic (exact) mass is 230 g/mol. The van der Waals surface area contributed by atoms with Crippen LogP contribution in [0.2, 0.25) is 0 Å². The maximum atomic E-state index is 8.71. The highest BCUT2D eigenvalue weighted by molar-refractivity contribution is 5.49. The lowest BCUT2D eigenvalue weighted by Crippen LogP contribution is -1.99. The van der Waals surface area contributed by atoms with Crippen LogP contribution in [0, 0.1) is 11.3 Å². The fourth-order valence-corrected chi connectivity index (χ4v) is 1.30. The van der Waals surface area contributed by atoms with Crippen LogP contribution in [0.25, 0.3) is 0 Å². The molecular weight excluding hydrogens is 220 g/mol. The zero-order valence-corrected chi connectivity index (χ0v) is 9.38. The van der Waals surface area contributed by atoms with Crippen molar-refractivity contribution in [2.45, 2.75) is 0 Å². The third-order valence-electron chi connectivity index (χ3n) is 2.06. The molecule has 0 spiro atoms. The Morgan fingerprint density at radius 3 is 3.00 bits per heavy atom. The summed E-state index contributed by atoms with van der Waals surface area (Å²) in [4.78, 5) is 7.96. The van der Waals surface area contributed by atoms with Crippen molar-refractivity contribution in [1.82, 2.24) is 19.7 Å². The van der Waals surface area contributed by atoms with Gasteiger partial charge in [0.15, 0.2) is 5.82 Å². The van der Waals surface area contributed by atoms with Gasteiger partial charge < -0.3 is 10.1 Å². The first-order chi connectivity index (χ1) is 8.22. The van der Waals surface area contributed by atoms with Gasteiger partial charge in [-0.05, 0) is 6.07 Å². The Hall–Kier alpha value is -2.62. The zero-order valence-electron chi connectivity index (χ0n) is 9.38. The summed E-state index contributed by atoms with van der Waals surface area (Å²) in [7, 11) is 3.32. The number of nitriles is 1. The number of methoxy groups -OCH3 is 1. The molecule has 0 radical (unpaired) electrons. The van der Waals surface area contributed by atoms with Crippen LogP contribution >= 0.6 is 0 Å². The van der Waals surface area contributed by atoms with Crippen LogP contribution < -0.4 is 10.1 Å².